The molecule has 1 aliphatic heterocycles. The Morgan fingerprint density at radius 3 is 2.11 bits per heavy atom. The third-order valence-electron chi connectivity index (χ3n) is 3.10. The van der Waals surface area contributed by atoms with Crippen LogP contribution in [0.1, 0.15) is 39.5 Å². The minimum absolute atomic E-state index is 0.171. The molecular formula is C13H22N2O3. The molecule has 0 aromatic rings. The molecule has 1 aliphatic rings. The summed E-state index contributed by atoms with van der Waals surface area (Å²) in [6.45, 7) is 6.04. The van der Waals surface area contributed by atoms with Gasteiger partial charge in [-0.1, -0.05) is 6.92 Å². The highest BCUT2D eigenvalue weighted by atomic mass is 16.2. The molecule has 5 nitrogen and oxygen atoms in total. The molecule has 1 heterocycles. The Kier molecular flexibility index (Phi) is 5.82. The maximum Gasteiger partial charge on any atom is 0.312 e. The minimum atomic E-state index is -0.391. The predicted octanol–water partition coefficient (Wildman–Crippen LogP) is 0.827. The number of carbonyl (C=O) groups excluding carboxylic acids is 3. The zero-order valence-corrected chi connectivity index (χ0v) is 11.3. The van der Waals surface area contributed by atoms with Crippen molar-refractivity contribution in [1.29, 1.82) is 0 Å². The van der Waals surface area contributed by atoms with Gasteiger partial charge in [-0.15, -0.1) is 0 Å². The van der Waals surface area contributed by atoms with Crippen LogP contribution >= 0.6 is 0 Å². The Balaban J connectivity index is 2.34. The smallest absolute Gasteiger partial charge is 0.312 e. The molecule has 0 aromatic heterocycles. The van der Waals surface area contributed by atoms with Gasteiger partial charge >= 0.3 is 11.8 Å². The molecule has 18 heavy (non-hydrogen) atoms. The number of amides is 2. The number of hydrogen-bond donors (Lipinski definition) is 0. The quantitative estimate of drug-likeness (QED) is 0.499. The first-order valence-electron chi connectivity index (χ1n) is 6.64. The topological polar surface area (TPSA) is 57.7 Å². The van der Waals surface area contributed by atoms with Crippen molar-refractivity contribution in [2.24, 2.45) is 0 Å². The van der Waals surface area contributed by atoms with Gasteiger partial charge in [-0.25, -0.2) is 0 Å². The number of piperazine rings is 1. The van der Waals surface area contributed by atoms with Crippen LogP contribution in [0.4, 0.5) is 0 Å². The Morgan fingerprint density at radius 1 is 1.06 bits per heavy atom. The number of carbonyl (C=O) groups is 3. The zero-order valence-electron chi connectivity index (χ0n) is 11.3. The van der Waals surface area contributed by atoms with Crippen molar-refractivity contribution >= 4 is 17.6 Å². The third kappa shape index (κ3) is 4.13. The monoisotopic (exact) mass is 254 g/mol. The maximum absolute atomic E-state index is 11.8. The Bertz CT molecular complexity index is 328. The molecule has 0 saturated carbocycles. The van der Waals surface area contributed by atoms with Crippen molar-refractivity contribution in [3.63, 3.8) is 0 Å². The molecule has 2 amide bonds. The Labute approximate surface area is 108 Å². The van der Waals surface area contributed by atoms with E-state index in [0.29, 0.717) is 32.6 Å². The number of Topliss-reactive ketones (excluding diaryl/α,β-unsaturated/α-hetero) is 1. The van der Waals surface area contributed by atoms with Crippen LogP contribution in [0.25, 0.3) is 0 Å². The number of ketones is 1. The van der Waals surface area contributed by atoms with Crippen molar-refractivity contribution in [1.82, 2.24) is 9.80 Å². The highest BCUT2D eigenvalue weighted by Crippen LogP contribution is 2.08. The second kappa shape index (κ2) is 7.13. The molecule has 0 radical (unpaired) electrons. The van der Waals surface area contributed by atoms with E-state index in [0.717, 1.165) is 19.3 Å². The Hall–Kier alpha value is -1.39. The van der Waals surface area contributed by atoms with Gasteiger partial charge in [0.15, 0.2) is 0 Å². The highest BCUT2D eigenvalue weighted by Gasteiger charge is 2.31. The van der Waals surface area contributed by atoms with Gasteiger partial charge in [0.2, 0.25) is 0 Å². The summed E-state index contributed by atoms with van der Waals surface area (Å²) >= 11 is 0. The molecule has 1 saturated heterocycles. The fourth-order valence-corrected chi connectivity index (χ4v) is 2.09. The first-order chi connectivity index (χ1) is 8.56. The molecule has 0 N–H and O–H groups in total. The summed E-state index contributed by atoms with van der Waals surface area (Å²) in [6.07, 6.45) is 2.99. The molecule has 0 spiro atoms. The molecular weight excluding hydrogens is 232 g/mol. The average Bonchev–Trinajstić information content (AvgIpc) is 2.33. The van der Waals surface area contributed by atoms with Crippen molar-refractivity contribution in [3.8, 4) is 0 Å². The lowest BCUT2D eigenvalue weighted by molar-refractivity contribution is -0.156. The summed E-state index contributed by atoms with van der Waals surface area (Å²) in [5.41, 5.74) is 0. The van der Waals surface area contributed by atoms with Crippen molar-refractivity contribution < 1.29 is 14.4 Å². The maximum atomic E-state index is 11.8. The van der Waals surface area contributed by atoms with Crippen LogP contribution in [0.15, 0.2) is 0 Å². The molecule has 102 valence electrons. The van der Waals surface area contributed by atoms with E-state index in [1.54, 1.807) is 16.7 Å². The van der Waals surface area contributed by atoms with E-state index in [1.807, 2.05) is 6.92 Å². The summed E-state index contributed by atoms with van der Waals surface area (Å²) in [5.74, 6) is -0.600. The van der Waals surface area contributed by atoms with Crippen LogP contribution < -0.4 is 0 Å². The summed E-state index contributed by atoms with van der Waals surface area (Å²) in [4.78, 5) is 37.6. The third-order valence-corrected chi connectivity index (χ3v) is 3.10. The molecule has 0 bridgehead atoms. The second-order valence-electron chi connectivity index (χ2n) is 4.74. The summed E-state index contributed by atoms with van der Waals surface area (Å²) in [6, 6.07) is 0. The molecule has 0 unspecified atom stereocenters. The molecule has 1 fully saturated rings. The van der Waals surface area contributed by atoms with Gasteiger partial charge in [0.1, 0.15) is 5.78 Å². The Morgan fingerprint density at radius 2 is 1.61 bits per heavy atom. The summed E-state index contributed by atoms with van der Waals surface area (Å²) in [5, 5.41) is 0. The van der Waals surface area contributed by atoms with Crippen molar-refractivity contribution in [2.75, 3.05) is 26.2 Å². The van der Waals surface area contributed by atoms with E-state index in [-0.39, 0.29) is 11.7 Å². The van der Waals surface area contributed by atoms with Gasteiger partial charge in [0.25, 0.3) is 0 Å². The standard InChI is InChI=1S/C13H22N2O3/c1-3-7-14-9-10-15(13(18)12(14)17)8-5-4-6-11(2)16/h3-10H2,1-2H3. The van der Waals surface area contributed by atoms with Crippen LogP contribution in [0.2, 0.25) is 0 Å². The van der Waals surface area contributed by atoms with Gasteiger partial charge in [-0.3, -0.25) is 9.59 Å². The van der Waals surface area contributed by atoms with Crippen LogP contribution in [0.3, 0.4) is 0 Å². The zero-order chi connectivity index (χ0) is 13.5. The first-order valence-corrected chi connectivity index (χ1v) is 6.64. The minimum Gasteiger partial charge on any atom is -0.333 e. The molecule has 0 atom stereocenters. The van der Waals surface area contributed by atoms with E-state index in [2.05, 4.69) is 0 Å². The lowest BCUT2D eigenvalue weighted by atomic mass is 10.1. The van der Waals surface area contributed by atoms with Gasteiger partial charge in [0, 0.05) is 32.6 Å². The highest BCUT2D eigenvalue weighted by molar-refractivity contribution is 6.35. The fourth-order valence-electron chi connectivity index (χ4n) is 2.09. The van der Waals surface area contributed by atoms with Crippen molar-refractivity contribution in [2.45, 2.75) is 39.5 Å². The number of rotatable bonds is 7. The van der Waals surface area contributed by atoms with E-state index in [4.69, 9.17) is 0 Å². The number of unbranched alkanes of at least 4 members (excludes halogenated alkanes) is 1. The molecule has 5 heteroatoms. The van der Waals surface area contributed by atoms with Gasteiger partial charge < -0.3 is 14.6 Å². The van der Waals surface area contributed by atoms with E-state index < -0.39 is 5.91 Å². The van der Waals surface area contributed by atoms with Gasteiger partial charge in [-0.05, 0) is 26.2 Å². The SMILES string of the molecule is CCCN1CCN(CCCCC(C)=O)C(=O)C1=O. The van der Waals surface area contributed by atoms with Gasteiger partial charge in [0.05, 0.1) is 0 Å². The van der Waals surface area contributed by atoms with Crippen LogP contribution in [-0.4, -0.2) is 53.6 Å². The lowest BCUT2D eigenvalue weighted by Gasteiger charge is -2.33. The van der Waals surface area contributed by atoms with Crippen LogP contribution in [-0.2, 0) is 14.4 Å². The van der Waals surface area contributed by atoms with Crippen molar-refractivity contribution in [3.05, 3.63) is 0 Å². The van der Waals surface area contributed by atoms with Crippen LogP contribution in [0, 0.1) is 0 Å². The van der Waals surface area contributed by atoms with Crippen LogP contribution in [0.5, 0.6) is 0 Å². The number of nitrogens with zero attached hydrogens (tertiary/aromatic N) is 2. The molecule has 0 aromatic carbocycles. The van der Waals surface area contributed by atoms with E-state index in [9.17, 15) is 14.4 Å². The number of hydrogen-bond acceptors (Lipinski definition) is 3. The lowest BCUT2D eigenvalue weighted by Crippen LogP contribution is -2.54. The summed E-state index contributed by atoms with van der Waals surface area (Å²) < 4.78 is 0. The normalized spacial score (nSPS) is 16.3. The van der Waals surface area contributed by atoms with E-state index >= 15 is 0 Å². The predicted molar refractivity (Wildman–Crippen MR) is 68.0 cm³/mol. The fraction of sp³-hybridized carbons (Fsp3) is 0.769. The first kappa shape index (κ1) is 14.7. The van der Waals surface area contributed by atoms with E-state index in [1.165, 1.54) is 0 Å². The average molecular weight is 254 g/mol. The summed E-state index contributed by atoms with van der Waals surface area (Å²) in [7, 11) is 0. The molecule has 0 aliphatic carbocycles. The molecule has 1 rings (SSSR count). The second-order valence-corrected chi connectivity index (χ2v) is 4.74. The largest absolute Gasteiger partial charge is 0.333 e. The van der Waals surface area contributed by atoms with Gasteiger partial charge in [-0.2, -0.15) is 0 Å².